The van der Waals surface area contributed by atoms with E-state index in [1.165, 1.54) is 0 Å². The van der Waals surface area contributed by atoms with Crippen molar-refractivity contribution < 1.29 is 18.8 Å². The minimum atomic E-state index is -2.95. The molecule has 0 saturated heterocycles. The van der Waals surface area contributed by atoms with Gasteiger partial charge in [-0.2, -0.15) is 0 Å². The van der Waals surface area contributed by atoms with Crippen LogP contribution >= 0.6 is 8.25 Å². The summed E-state index contributed by atoms with van der Waals surface area (Å²) in [6.45, 7) is 1.04. The third-order valence-corrected chi connectivity index (χ3v) is 4.45. The Morgan fingerprint density at radius 3 is 2.82 bits per heavy atom. The van der Waals surface area contributed by atoms with E-state index in [1.807, 2.05) is 30.5 Å². The Hall–Kier alpha value is -1.68. The van der Waals surface area contributed by atoms with E-state index in [-0.39, 0.29) is 18.3 Å². The van der Waals surface area contributed by atoms with Crippen LogP contribution in [0, 0.1) is 0 Å². The van der Waals surface area contributed by atoms with E-state index >= 15 is 0 Å². The van der Waals surface area contributed by atoms with E-state index in [0.717, 1.165) is 25.1 Å². The summed E-state index contributed by atoms with van der Waals surface area (Å²) in [4.78, 5) is 21.6. The summed E-state index contributed by atoms with van der Waals surface area (Å²) >= 11 is 0. The summed E-state index contributed by atoms with van der Waals surface area (Å²) in [5, 5.41) is 0. The second kappa shape index (κ2) is 6.61. The zero-order chi connectivity index (χ0) is 15.5. The molecule has 22 heavy (non-hydrogen) atoms. The highest BCUT2D eigenvalue weighted by Crippen LogP contribution is 2.34. The Morgan fingerprint density at radius 2 is 2.09 bits per heavy atom. The normalized spacial score (nSPS) is 18.7. The smallest absolute Gasteiger partial charge is 0.316 e. The molecule has 2 heterocycles. The molecule has 0 spiro atoms. The molecular weight excluding hydrogens is 301 g/mol. The zero-order valence-electron chi connectivity index (χ0n) is 12.1. The van der Waals surface area contributed by atoms with Gasteiger partial charge in [0.05, 0.1) is 6.61 Å². The van der Waals surface area contributed by atoms with Crippen LogP contribution in [-0.4, -0.2) is 21.9 Å². The van der Waals surface area contributed by atoms with Gasteiger partial charge in [-0.05, 0) is 18.9 Å². The van der Waals surface area contributed by atoms with Crippen molar-refractivity contribution in [1.82, 2.24) is 4.57 Å². The first-order valence-electron chi connectivity index (χ1n) is 7.31. The van der Waals surface area contributed by atoms with Crippen molar-refractivity contribution in [2.24, 2.45) is 0 Å². The van der Waals surface area contributed by atoms with E-state index in [9.17, 15) is 9.36 Å². The number of benzene rings is 1. The molecule has 0 saturated carbocycles. The quantitative estimate of drug-likeness (QED) is 0.679. The molecule has 0 amide bonds. The largest absolute Gasteiger partial charge is 0.350 e. The van der Waals surface area contributed by atoms with Crippen molar-refractivity contribution in [2.45, 2.75) is 25.3 Å². The van der Waals surface area contributed by atoms with Gasteiger partial charge in [-0.3, -0.25) is 9.36 Å². The van der Waals surface area contributed by atoms with Gasteiger partial charge in [-0.25, -0.2) is 0 Å². The van der Waals surface area contributed by atoms with E-state index in [2.05, 4.69) is 4.57 Å². The minimum absolute atomic E-state index is 0.0158. The number of nitrogens with zero attached hydrogens (tertiary/aromatic N) is 1. The van der Waals surface area contributed by atoms with Crippen molar-refractivity contribution in [1.29, 1.82) is 0 Å². The van der Waals surface area contributed by atoms with E-state index in [0.29, 0.717) is 11.1 Å². The lowest BCUT2D eigenvalue weighted by Gasteiger charge is -2.25. The molecule has 0 aliphatic carbocycles. The zero-order valence-corrected chi connectivity index (χ0v) is 13.1. The van der Waals surface area contributed by atoms with Crippen LogP contribution < -0.4 is 0 Å². The molecule has 0 radical (unpaired) electrons. The van der Waals surface area contributed by atoms with Gasteiger partial charge >= 0.3 is 8.25 Å². The maximum absolute atomic E-state index is 12.7. The van der Waals surface area contributed by atoms with Gasteiger partial charge in [-0.15, -0.1) is 0 Å². The van der Waals surface area contributed by atoms with Crippen LogP contribution in [0.3, 0.4) is 0 Å². The first kappa shape index (κ1) is 15.2. The monoisotopic (exact) mass is 319 g/mol. The number of ketones is 1. The average Bonchev–Trinajstić information content (AvgIpc) is 2.97. The predicted octanol–water partition coefficient (Wildman–Crippen LogP) is 3.00. The lowest BCUT2D eigenvalue weighted by molar-refractivity contribution is 0.103. The molecule has 1 aromatic carbocycles. The summed E-state index contributed by atoms with van der Waals surface area (Å²) in [5.41, 5.74) is 2.23. The number of hydrogen-bond acceptors (Lipinski definition) is 3. The van der Waals surface area contributed by atoms with Crippen molar-refractivity contribution in [3.05, 3.63) is 59.4 Å². The predicted molar refractivity (Wildman–Crippen MR) is 83.5 cm³/mol. The second-order valence-corrected chi connectivity index (χ2v) is 6.24. The van der Waals surface area contributed by atoms with Crippen LogP contribution in [0.4, 0.5) is 0 Å². The molecular formula is C16H18NO4P. The molecule has 6 heteroatoms. The van der Waals surface area contributed by atoms with Crippen molar-refractivity contribution >= 4 is 14.0 Å². The first-order chi connectivity index (χ1) is 10.7. The summed E-state index contributed by atoms with van der Waals surface area (Å²) in [5.74, 6) is -0.0367. The standard InChI is InChI=1S/C16H18NO4P/c18-16(12-5-2-1-3-6-12)14-8-10-17-9-4-7-13(15(14)17)11-21-22(19)20/h1-3,5-6,8,10,13,22H,4,7,9,11H2,(H,19,20). The topological polar surface area (TPSA) is 68.5 Å². The molecule has 2 aromatic rings. The SMILES string of the molecule is O=C(c1ccccc1)c1ccn2c1C(CO[PH](=O)O)CCC2. The minimum Gasteiger partial charge on any atom is -0.350 e. The number of aryl methyl sites for hydroxylation is 1. The number of rotatable bonds is 5. The number of fused-ring (bicyclic) bond motifs is 1. The maximum Gasteiger partial charge on any atom is 0.316 e. The molecule has 1 aliphatic heterocycles. The van der Waals surface area contributed by atoms with Crippen LogP contribution in [0.15, 0.2) is 42.6 Å². The highest BCUT2D eigenvalue weighted by Gasteiger charge is 2.27. The second-order valence-electron chi connectivity index (χ2n) is 5.42. The number of carbonyl (C=O) groups is 1. The Morgan fingerprint density at radius 1 is 1.32 bits per heavy atom. The molecule has 0 bridgehead atoms. The highest BCUT2D eigenvalue weighted by atomic mass is 31.1. The maximum atomic E-state index is 12.7. The number of hydrogen-bond donors (Lipinski definition) is 1. The van der Waals surface area contributed by atoms with Crippen molar-refractivity contribution in [3.8, 4) is 0 Å². The first-order valence-corrected chi connectivity index (χ1v) is 8.57. The van der Waals surface area contributed by atoms with Gasteiger partial charge in [0, 0.05) is 35.5 Å². The van der Waals surface area contributed by atoms with Crippen molar-refractivity contribution in [2.75, 3.05) is 6.61 Å². The molecule has 116 valence electrons. The molecule has 2 unspecified atom stereocenters. The van der Waals surface area contributed by atoms with Crippen LogP contribution in [0.25, 0.3) is 0 Å². The molecule has 3 rings (SSSR count). The van der Waals surface area contributed by atoms with Gasteiger partial charge in [0.25, 0.3) is 0 Å². The van der Waals surface area contributed by atoms with Crippen LogP contribution in [0.1, 0.15) is 40.4 Å². The van der Waals surface area contributed by atoms with Crippen LogP contribution in [0.2, 0.25) is 0 Å². The molecule has 1 aromatic heterocycles. The van der Waals surface area contributed by atoms with Crippen molar-refractivity contribution in [3.63, 3.8) is 0 Å². The lowest BCUT2D eigenvalue weighted by Crippen LogP contribution is -2.20. The fourth-order valence-corrected chi connectivity index (χ4v) is 3.39. The van der Waals surface area contributed by atoms with E-state index < -0.39 is 8.25 Å². The molecule has 5 nitrogen and oxygen atoms in total. The number of aromatic nitrogens is 1. The summed E-state index contributed by atoms with van der Waals surface area (Å²) in [6.07, 6.45) is 3.74. The fraction of sp³-hybridized carbons (Fsp3) is 0.312. The highest BCUT2D eigenvalue weighted by molar-refractivity contribution is 7.32. The van der Waals surface area contributed by atoms with Gasteiger partial charge in [-0.1, -0.05) is 30.3 Å². The van der Waals surface area contributed by atoms with E-state index in [1.54, 1.807) is 12.1 Å². The lowest BCUT2D eigenvalue weighted by atomic mass is 9.91. The van der Waals surface area contributed by atoms with Gasteiger partial charge in [0.2, 0.25) is 0 Å². The average molecular weight is 319 g/mol. The van der Waals surface area contributed by atoms with E-state index in [4.69, 9.17) is 9.42 Å². The third-order valence-electron chi connectivity index (χ3n) is 4.03. The Bertz CT molecular complexity index is 695. The van der Waals surface area contributed by atoms with Gasteiger partial charge in [0.15, 0.2) is 5.78 Å². The van der Waals surface area contributed by atoms with Crippen LogP contribution in [0.5, 0.6) is 0 Å². The molecule has 1 N–H and O–H groups in total. The summed E-state index contributed by atoms with van der Waals surface area (Å²) < 4.78 is 17.8. The molecule has 2 atom stereocenters. The Labute approximate surface area is 129 Å². The van der Waals surface area contributed by atoms with Crippen LogP contribution in [-0.2, 0) is 15.6 Å². The Kier molecular flexibility index (Phi) is 4.57. The molecule has 0 fully saturated rings. The summed E-state index contributed by atoms with van der Waals surface area (Å²) in [6, 6.07) is 11.0. The third kappa shape index (κ3) is 3.07. The van der Waals surface area contributed by atoms with Gasteiger partial charge in [0.1, 0.15) is 0 Å². The summed E-state index contributed by atoms with van der Waals surface area (Å²) in [7, 11) is -2.95. The fourth-order valence-electron chi connectivity index (χ4n) is 3.05. The van der Waals surface area contributed by atoms with Gasteiger partial charge < -0.3 is 14.0 Å². The number of carbonyl (C=O) groups excluding carboxylic acids is 1. The molecule has 1 aliphatic rings. The Balaban J connectivity index is 1.92.